The molecule has 1 atom stereocenters. The molecule has 0 spiro atoms. The Kier molecular flexibility index (Phi) is 4.61. The molecule has 0 aliphatic carbocycles. The lowest BCUT2D eigenvalue weighted by Crippen LogP contribution is -2.46. The van der Waals surface area contributed by atoms with Crippen molar-refractivity contribution in [2.24, 2.45) is 0 Å². The zero-order chi connectivity index (χ0) is 18.0. The molecule has 7 nitrogen and oxygen atoms in total. The van der Waals surface area contributed by atoms with Crippen LogP contribution in [-0.2, 0) is 5.67 Å². The van der Waals surface area contributed by atoms with Crippen LogP contribution in [0.3, 0.4) is 0 Å². The number of alkyl halides is 1. The minimum Gasteiger partial charge on any atom is -0.493 e. The second-order valence-corrected chi connectivity index (χ2v) is 5.98. The molecular formula is C17H20FN3O4. The summed E-state index contributed by atoms with van der Waals surface area (Å²) in [4.78, 5) is 18.4. The summed E-state index contributed by atoms with van der Waals surface area (Å²) in [6.45, 7) is 1.93. The van der Waals surface area contributed by atoms with Crippen molar-refractivity contribution in [1.82, 2.24) is 15.0 Å². The summed E-state index contributed by atoms with van der Waals surface area (Å²) in [5.74, 6) is 0.738. The maximum absolute atomic E-state index is 15.3. The number of carbonyl (C=O) groups excluding carboxylic acids is 1. The number of aromatic nitrogens is 2. The van der Waals surface area contributed by atoms with Gasteiger partial charge < -0.3 is 18.9 Å². The highest BCUT2D eigenvalue weighted by Gasteiger charge is 2.44. The Labute approximate surface area is 144 Å². The number of carbonyl (C=O) groups is 1. The van der Waals surface area contributed by atoms with Crippen LogP contribution < -0.4 is 9.47 Å². The quantitative estimate of drug-likeness (QED) is 0.844. The lowest BCUT2D eigenvalue weighted by atomic mass is 9.94. The van der Waals surface area contributed by atoms with Crippen LogP contribution in [0.25, 0.3) is 0 Å². The smallest absolute Gasteiger partial charge is 0.266 e. The van der Waals surface area contributed by atoms with E-state index >= 15 is 4.39 Å². The lowest BCUT2D eigenvalue weighted by molar-refractivity contribution is 0.0150. The molecule has 8 heteroatoms. The third kappa shape index (κ3) is 3.16. The fourth-order valence-electron chi connectivity index (χ4n) is 3.06. The molecule has 134 valence electrons. The zero-order valence-electron chi connectivity index (χ0n) is 14.4. The number of benzene rings is 1. The summed E-state index contributed by atoms with van der Waals surface area (Å²) in [7, 11) is 2.96. The van der Waals surface area contributed by atoms with Crippen molar-refractivity contribution in [2.45, 2.75) is 25.4 Å². The molecule has 1 saturated heterocycles. The van der Waals surface area contributed by atoms with Crippen molar-refractivity contribution in [3.63, 3.8) is 0 Å². The lowest BCUT2D eigenvalue weighted by Gasteiger charge is -2.35. The van der Waals surface area contributed by atoms with E-state index in [-0.39, 0.29) is 24.8 Å². The number of rotatable bonds is 4. The fourth-order valence-corrected chi connectivity index (χ4v) is 3.06. The van der Waals surface area contributed by atoms with Gasteiger partial charge in [0.1, 0.15) is 0 Å². The van der Waals surface area contributed by atoms with Gasteiger partial charge in [0.2, 0.25) is 5.67 Å². The van der Waals surface area contributed by atoms with Crippen molar-refractivity contribution in [1.29, 1.82) is 0 Å². The molecule has 1 aromatic carbocycles. The summed E-state index contributed by atoms with van der Waals surface area (Å²) in [5, 5.41) is 3.65. The number of halogens is 1. The number of amides is 1. The molecule has 1 fully saturated rings. The van der Waals surface area contributed by atoms with Gasteiger partial charge in [-0.25, -0.2) is 4.39 Å². The predicted molar refractivity (Wildman–Crippen MR) is 86.5 cm³/mol. The number of para-hydroxylation sites is 1. The molecule has 3 rings (SSSR count). The van der Waals surface area contributed by atoms with Crippen LogP contribution in [0.4, 0.5) is 4.39 Å². The number of ether oxygens (including phenoxy) is 2. The van der Waals surface area contributed by atoms with Crippen LogP contribution in [0, 0.1) is 6.92 Å². The number of aryl methyl sites for hydroxylation is 1. The van der Waals surface area contributed by atoms with Gasteiger partial charge in [0.15, 0.2) is 17.3 Å². The molecule has 1 aliphatic rings. The van der Waals surface area contributed by atoms with Gasteiger partial charge in [-0.3, -0.25) is 4.79 Å². The topological polar surface area (TPSA) is 77.7 Å². The van der Waals surface area contributed by atoms with Gasteiger partial charge in [-0.05, 0) is 31.9 Å². The molecule has 1 aliphatic heterocycles. The van der Waals surface area contributed by atoms with Crippen LogP contribution in [0.15, 0.2) is 22.7 Å². The first-order valence-electron chi connectivity index (χ1n) is 7.98. The molecule has 1 amide bonds. The number of likely N-dealkylation sites (tertiary alicyclic amines) is 1. The summed E-state index contributed by atoms with van der Waals surface area (Å²) in [6, 6.07) is 5.03. The van der Waals surface area contributed by atoms with Crippen LogP contribution in [0.2, 0.25) is 0 Å². The average Bonchev–Trinajstić information content (AvgIpc) is 3.07. The Hall–Kier alpha value is -2.64. The normalized spacial score (nSPS) is 20.4. The highest BCUT2D eigenvalue weighted by Crippen LogP contribution is 2.37. The molecular weight excluding hydrogens is 329 g/mol. The first-order valence-corrected chi connectivity index (χ1v) is 7.98. The first-order chi connectivity index (χ1) is 12.0. The maximum Gasteiger partial charge on any atom is 0.266 e. The Bertz CT molecular complexity index is 779. The van der Waals surface area contributed by atoms with E-state index in [1.54, 1.807) is 25.1 Å². The Morgan fingerprint density at radius 3 is 2.80 bits per heavy atom. The third-order valence-corrected chi connectivity index (χ3v) is 4.27. The largest absolute Gasteiger partial charge is 0.493 e. The Morgan fingerprint density at radius 1 is 1.36 bits per heavy atom. The van der Waals surface area contributed by atoms with E-state index in [1.165, 1.54) is 19.1 Å². The molecule has 2 heterocycles. The number of piperidine rings is 1. The van der Waals surface area contributed by atoms with E-state index in [2.05, 4.69) is 10.1 Å². The SMILES string of the molecule is COc1cccc(C(=O)N2CCCC(F)(c3nc(C)no3)C2)c1OC. The minimum absolute atomic E-state index is 0.0832. The van der Waals surface area contributed by atoms with Crippen LogP contribution in [-0.4, -0.2) is 48.3 Å². The van der Waals surface area contributed by atoms with Crippen LogP contribution >= 0.6 is 0 Å². The second kappa shape index (κ2) is 6.70. The van der Waals surface area contributed by atoms with Gasteiger partial charge >= 0.3 is 0 Å². The van der Waals surface area contributed by atoms with Crippen molar-refractivity contribution >= 4 is 5.91 Å². The average molecular weight is 349 g/mol. The maximum atomic E-state index is 15.3. The molecule has 0 N–H and O–H groups in total. The van der Waals surface area contributed by atoms with E-state index in [0.29, 0.717) is 35.9 Å². The monoisotopic (exact) mass is 349 g/mol. The van der Waals surface area contributed by atoms with E-state index < -0.39 is 5.67 Å². The van der Waals surface area contributed by atoms with E-state index in [1.807, 2.05) is 0 Å². The van der Waals surface area contributed by atoms with Crippen molar-refractivity contribution in [3.8, 4) is 11.5 Å². The first kappa shape index (κ1) is 17.2. The molecule has 25 heavy (non-hydrogen) atoms. The Morgan fingerprint density at radius 2 is 2.16 bits per heavy atom. The third-order valence-electron chi connectivity index (χ3n) is 4.27. The van der Waals surface area contributed by atoms with Gasteiger partial charge in [-0.1, -0.05) is 11.2 Å². The van der Waals surface area contributed by atoms with Gasteiger partial charge in [-0.2, -0.15) is 4.98 Å². The summed E-state index contributed by atoms with van der Waals surface area (Å²) in [5.41, 5.74) is -1.52. The van der Waals surface area contributed by atoms with E-state index in [0.717, 1.165) is 0 Å². The number of methoxy groups -OCH3 is 2. The van der Waals surface area contributed by atoms with Crippen LogP contribution in [0.1, 0.15) is 34.9 Å². The van der Waals surface area contributed by atoms with Crippen molar-refractivity contribution in [3.05, 3.63) is 35.5 Å². The molecule has 0 bridgehead atoms. The minimum atomic E-state index is -1.85. The number of hydrogen-bond donors (Lipinski definition) is 0. The van der Waals surface area contributed by atoms with Crippen LogP contribution in [0.5, 0.6) is 11.5 Å². The summed E-state index contributed by atoms with van der Waals surface area (Å²) >= 11 is 0. The standard InChI is InChI=1S/C17H20FN3O4/c1-11-19-16(25-20-11)17(18)8-5-9-21(10-17)15(22)12-6-4-7-13(23-2)14(12)24-3/h4,6-7H,5,8-10H2,1-3H3. The molecule has 0 radical (unpaired) electrons. The molecule has 1 unspecified atom stereocenters. The number of hydrogen-bond acceptors (Lipinski definition) is 6. The molecule has 1 aromatic heterocycles. The fraction of sp³-hybridized carbons (Fsp3) is 0.471. The predicted octanol–water partition coefficient (Wildman–Crippen LogP) is 2.50. The van der Waals surface area contributed by atoms with Crippen molar-refractivity contribution < 1.29 is 23.2 Å². The summed E-state index contributed by atoms with van der Waals surface area (Å²) in [6.07, 6.45) is 0.726. The molecule has 0 saturated carbocycles. The van der Waals surface area contributed by atoms with E-state index in [9.17, 15) is 4.79 Å². The van der Waals surface area contributed by atoms with Gasteiger partial charge in [-0.15, -0.1) is 0 Å². The Balaban J connectivity index is 1.88. The zero-order valence-corrected chi connectivity index (χ0v) is 14.4. The highest BCUT2D eigenvalue weighted by atomic mass is 19.1. The second-order valence-electron chi connectivity index (χ2n) is 5.98. The van der Waals surface area contributed by atoms with Crippen molar-refractivity contribution in [2.75, 3.05) is 27.3 Å². The van der Waals surface area contributed by atoms with E-state index in [4.69, 9.17) is 14.0 Å². The number of nitrogens with zero attached hydrogens (tertiary/aromatic N) is 3. The van der Waals surface area contributed by atoms with Gasteiger partial charge in [0.05, 0.1) is 26.3 Å². The van der Waals surface area contributed by atoms with Gasteiger partial charge in [0, 0.05) is 6.54 Å². The highest BCUT2D eigenvalue weighted by molar-refractivity contribution is 5.98. The summed E-state index contributed by atoms with van der Waals surface area (Å²) < 4.78 is 30.9. The van der Waals surface area contributed by atoms with Gasteiger partial charge in [0.25, 0.3) is 11.8 Å². The molecule has 2 aromatic rings.